The van der Waals surface area contributed by atoms with E-state index in [2.05, 4.69) is 15.0 Å². The summed E-state index contributed by atoms with van der Waals surface area (Å²) in [5, 5.41) is 0.914. The Labute approximate surface area is 144 Å². The first-order chi connectivity index (χ1) is 12.0. The number of pyridine rings is 1. The van der Waals surface area contributed by atoms with Crippen LogP contribution in [0.3, 0.4) is 0 Å². The van der Waals surface area contributed by atoms with E-state index in [4.69, 9.17) is 4.74 Å². The Morgan fingerprint density at radius 1 is 1.12 bits per heavy atom. The zero-order valence-electron chi connectivity index (χ0n) is 14.4. The first-order valence-corrected chi connectivity index (χ1v) is 8.25. The SMILES string of the molecule is CCOc1c(F)cc(C(CC)c2nc(C)c3ccncc3n2)cc1F. The van der Waals surface area contributed by atoms with Gasteiger partial charge in [-0.15, -0.1) is 0 Å². The second-order valence-electron chi connectivity index (χ2n) is 5.77. The minimum atomic E-state index is -0.713. The van der Waals surface area contributed by atoms with Gasteiger partial charge in [0.2, 0.25) is 0 Å². The smallest absolute Gasteiger partial charge is 0.190 e. The normalized spacial score (nSPS) is 12.4. The molecule has 0 saturated heterocycles. The summed E-state index contributed by atoms with van der Waals surface area (Å²) in [7, 11) is 0. The molecule has 1 aromatic carbocycles. The molecule has 2 heterocycles. The van der Waals surface area contributed by atoms with Gasteiger partial charge in [-0.05, 0) is 44.0 Å². The highest BCUT2D eigenvalue weighted by atomic mass is 19.1. The molecule has 1 atom stereocenters. The predicted octanol–water partition coefficient (Wildman–Crippen LogP) is 4.55. The van der Waals surface area contributed by atoms with Crippen molar-refractivity contribution in [3.8, 4) is 5.75 Å². The number of nitrogens with zero attached hydrogens (tertiary/aromatic N) is 3. The molecule has 3 aromatic rings. The molecule has 0 amide bonds. The quantitative estimate of drug-likeness (QED) is 0.682. The molecule has 130 valence electrons. The number of ether oxygens (including phenoxy) is 1. The molecule has 0 saturated carbocycles. The van der Waals surface area contributed by atoms with Crippen molar-refractivity contribution in [3.63, 3.8) is 0 Å². The first-order valence-electron chi connectivity index (χ1n) is 8.25. The number of hydrogen-bond acceptors (Lipinski definition) is 4. The van der Waals surface area contributed by atoms with Gasteiger partial charge in [0.1, 0.15) is 5.82 Å². The Bertz CT molecular complexity index is 891. The van der Waals surface area contributed by atoms with Gasteiger partial charge in [-0.3, -0.25) is 4.98 Å². The summed E-state index contributed by atoms with van der Waals surface area (Å²) >= 11 is 0. The third kappa shape index (κ3) is 3.29. The van der Waals surface area contributed by atoms with Gasteiger partial charge >= 0.3 is 0 Å². The van der Waals surface area contributed by atoms with Crippen LogP contribution in [-0.2, 0) is 0 Å². The number of fused-ring (bicyclic) bond motifs is 1. The third-order valence-electron chi connectivity index (χ3n) is 4.14. The molecule has 0 aliphatic heterocycles. The first kappa shape index (κ1) is 17.2. The van der Waals surface area contributed by atoms with Crippen molar-refractivity contribution in [1.82, 2.24) is 15.0 Å². The van der Waals surface area contributed by atoms with E-state index in [-0.39, 0.29) is 18.3 Å². The van der Waals surface area contributed by atoms with Gasteiger partial charge in [-0.25, -0.2) is 18.7 Å². The van der Waals surface area contributed by atoms with Crippen LogP contribution in [0.5, 0.6) is 5.75 Å². The van der Waals surface area contributed by atoms with Crippen LogP contribution in [0.4, 0.5) is 8.78 Å². The van der Waals surface area contributed by atoms with E-state index in [0.29, 0.717) is 17.8 Å². The Hall–Kier alpha value is -2.63. The fourth-order valence-corrected chi connectivity index (χ4v) is 2.95. The van der Waals surface area contributed by atoms with Gasteiger partial charge in [-0.2, -0.15) is 0 Å². The van der Waals surface area contributed by atoms with Crippen molar-refractivity contribution in [1.29, 1.82) is 0 Å². The molecule has 0 fully saturated rings. The lowest BCUT2D eigenvalue weighted by atomic mass is 9.94. The molecule has 0 radical (unpaired) electrons. The van der Waals surface area contributed by atoms with Gasteiger partial charge in [0, 0.05) is 23.2 Å². The lowest BCUT2D eigenvalue weighted by Gasteiger charge is -2.17. The number of aryl methyl sites for hydroxylation is 1. The lowest BCUT2D eigenvalue weighted by Crippen LogP contribution is -2.09. The lowest BCUT2D eigenvalue weighted by molar-refractivity contribution is 0.302. The second kappa shape index (κ2) is 7.09. The zero-order valence-corrected chi connectivity index (χ0v) is 14.4. The molecule has 0 spiro atoms. The van der Waals surface area contributed by atoms with E-state index in [0.717, 1.165) is 16.6 Å². The van der Waals surface area contributed by atoms with Gasteiger partial charge in [-0.1, -0.05) is 6.92 Å². The van der Waals surface area contributed by atoms with Crippen LogP contribution < -0.4 is 4.74 Å². The minimum Gasteiger partial charge on any atom is -0.488 e. The number of hydrogen-bond donors (Lipinski definition) is 0. The molecular formula is C19H19F2N3O. The van der Waals surface area contributed by atoms with Crippen LogP contribution in [0.15, 0.2) is 30.6 Å². The highest BCUT2D eigenvalue weighted by molar-refractivity contribution is 5.79. The summed E-state index contributed by atoms with van der Waals surface area (Å²) in [4.78, 5) is 13.2. The maximum absolute atomic E-state index is 14.2. The van der Waals surface area contributed by atoms with Crippen LogP contribution >= 0.6 is 0 Å². The Kier molecular flexibility index (Phi) is 4.88. The summed E-state index contributed by atoms with van der Waals surface area (Å²) in [6.07, 6.45) is 3.96. The molecule has 2 aromatic heterocycles. The summed E-state index contributed by atoms with van der Waals surface area (Å²) < 4.78 is 33.5. The van der Waals surface area contributed by atoms with E-state index in [1.165, 1.54) is 12.1 Å². The maximum atomic E-state index is 14.2. The van der Waals surface area contributed by atoms with Gasteiger partial charge < -0.3 is 4.74 Å². The summed E-state index contributed by atoms with van der Waals surface area (Å²) in [6.45, 7) is 5.70. The number of rotatable bonds is 5. The third-order valence-corrected chi connectivity index (χ3v) is 4.14. The standard InChI is InChI=1S/C19H19F2N3O/c1-4-13(12-8-15(20)18(25-5-2)16(21)9-12)19-23-11(3)14-6-7-22-10-17(14)24-19/h6-10,13H,4-5H2,1-3H3. The van der Waals surface area contributed by atoms with E-state index < -0.39 is 11.6 Å². The maximum Gasteiger partial charge on any atom is 0.190 e. The molecular weight excluding hydrogens is 324 g/mol. The monoisotopic (exact) mass is 343 g/mol. The number of aromatic nitrogens is 3. The Balaban J connectivity index is 2.09. The summed E-state index contributed by atoms with van der Waals surface area (Å²) in [5.74, 6) is -1.56. The molecule has 3 rings (SSSR count). The highest BCUT2D eigenvalue weighted by Crippen LogP contribution is 2.32. The Morgan fingerprint density at radius 3 is 2.48 bits per heavy atom. The topological polar surface area (TPSA) is 47.9 Å². The van der Waals surface area contributed by atoms with Crippen molar-refractivity contribution in [3.05, 3.63) is 59.3 Å². The molecule has 0 N–H and O–H groups in total. The Morgan fingerprint density at radius 2 is 1.84 bits per heavy atom. The minimum absolute atomic E-state index is 0.199. The van der Waals surface area contributed by atoms with Crippen molar-refractivity contribution in [2.75, 3.05) is 6.61 Å². The number of benzene rings is 1. The fourth-order valence-electron chi connectivity index (χ4n) is 2.95. The average molecular weight is 343 g/mol. The van der Waals surface area contributed by atoms with Crippen molar-refractivity contribution in [2.45, 2.75) is 33.1 Å². The van der Waals surface area contributed by atoms with Gasteiger partial charge in [0.05, 0.1) is 18.3 Å². The van der Waals surface area contributed by atoms with Crippen molar-refractivity contribution < 1.29 is 13.5 Å². The van der Waals surface area contributed by atoms with E-state index in [1.54, 1.807) is 19.3 Å². The van der Waals surface area contributed by atoms with Crippen LogP contribution in [-0.4, -0.2) is 21.6 Å². The van der Waals surface area contributed by atoms with E-state index >= 15 is 0 Å². The largest absolute Gasteiger partial charge is 0.488 e. The number of halogens is 2. The van der Waals surface area contributed by atoms with Crippen molar-refractivity contribution >= 4 is 10.9 Å². The molecule has 25 heavy (non-hydrogen) atoms. The molecule has 0 bridgehead atoms. The van der Waals surface area contributed by atoms with Crippen LogP contribution in [0.25, 0.3) is 10.9 Å². The summed E-state index contributed by atoms with van der Waals surface area (Å²) in [6, 6.07) is 4.45. The van der Waals surface area contributed by atoms with Crippen LogP contribution in [0.1, 0.15) is 43.3 Å². The molecule has 4 nitrogen and oxygen atoms in total. The average Bonchev–Trinajstić information content (AvgIpc) is 2.59. The summed E-state index contributed by atoms with van der Waals surface area (Å²) in [5.41, 5.74) is 2.02. The van der Waals surface area contributed by atoms with Crippen molar-refractivity contribution in [2.24, 2.45) is 0 Å². The molecule has 1 unspecified atom stereocenters. The van der Waals surface area contributed by atoms with Gasteiger partial charge in [0.15, 0.2) is 17.4 Å². The fraction of sp³-hybridized carbons (Fsp3) is 0.316. The molecule has 0 aliphatic carbocycles. The predicted molar refractivity (Wildman–Crippen MR) is 91.7 cm³/mol. The van der Waals surface area contributed by atoms with E-state index in [9.17, 15) is 8.78 Å². The molecule has 0 aliphatic rings. The second-order valence-corrected chi connectivity index (χ2v) is 5.77. The van der Waals surface area contributed by atoms with E-state index in [1.807, 2.05) is 19.9 Å². The van der Waals surface area contributed by atoms with Crippen LogP contribution in [0, 0.1) is 18.6 Å². The zero-order chi connectivity index (χ0) is 18.0. The molecule has 6 heteroatoms. The van der Waals surface area contributed by atoms with Gasteiger partial charge in [0.25, 0.3) is 0 Å². The van der Waals surface area contributed by atoms with Crippen LogP contribution in [0.2, 0.25) is 0 Å². The highest BCUT2D eigenvalue weighted by Gasteiger charge is 2.21.